The lowest BCUT2D eigenvalue weighted by Crippen LogP contribution is -1.99. The van der Waals surface area contributed by atoms with Gasteiger partial charge >= 0.3 is 0 Å². The Kier molecular flexibility index (Phi) is 3.46. The minimum absolute atomic E-state index is 0.467. The van der Waals surface area contributed by atoms with Gasteiger partial charge in [-0.2, -0.15) is 14.9 Å². The van der Waals surface area contributed by atoms with Crippen LogP contribution >= 0.6 is 12.2 Å². The number of aromatic amines is 1. The van der Waals surface area contributed by atoms with Crippen molar-refractivity contribution >= 4 is 29.2 Å². The largest absolute Gasteiger partial charge is 0.496 e. The second-order valence-electron chi connectivity index (χ2n) is 5.62. The van der Waals surface area contributed by atoms with Gasteiger partial charge in [-0.25, -0.2) is 0 Å². The molecule has 3 aromatic rings. The minimum atomic E-state index is 0.467. The van der Waals surface area contributed by atoms with Gasteiger partial charge in [0.15, 0.2) is 5.82 Å². The van der Waals surface area contributed by atoms with Gasteiger partial charge in [0, 0.05) is 11.5 Å². The maximum atomic E-state index is 5.49. The predicted octanol–water partition coefficient (Wildman–Crippen LogP) is 3.86. The monoisotopic (exact) mass is 324 g/mol. The van der Waals surface area contributed by atoms with Crippen molar-refractivity contribution in [1.29, 1.82) is 0 Å². The Bertz CT molecular complexity index is 953. The first-order chi connectivity index (χ1) is 11.3. The zero-order chi connectivity index (χ0) is 15.8. The minimum Gasteiger partial charge on any atom is -0.496 e. The Morgan fingerprint density at radius 3 is 2.91 bits per heavy atom. The second-order valence-corrected chi connectivity index (χ2v) is 6.01. The lowest BCUT2D eigenvalue weighted by molar-refractivity contribution is 0.415. The first-order valence-corrected chi connectivity index (χ1v) is 7.96. The average Bonchev–Trinajstić information content (AvgIpc) is 3.36. The van der Waals surface area contributed by atoms with Crippen molar-refractivity contribution in [2.75, 3.05) is 7.11 Å². The maximum Gasteiger partial charge on any atom is 0.216 e. The van der Waals surface area contributed by atoms with Crippen LogP contribution in [0.15, 0.2) is 41.5 Å². The summed E-state index contributed by atoms with van der Waals surface area (Å²) < 4.78 is 7.73. The van der Waals surface area contributed by atoms with Crippen molar-refractivity contribution in [3.63, 3.8) is 0 Å². The van der Waals surface area contributed by atoms with E-state index in [4.69, 9.17) is 17.0 Å². The van der Waals surface area contributed by atoms with E-state index in [0.29, 0.717) is 10.7 Å². The smallest absolute Gasteiger partial charge is 0.216 e. The number of nitrogens with one attached hydrogen (secondary N) is 1. The van der Waals surface area contributed by atoms with Crippen LogP contribution in [-0.4, -0.2) is 28.2 Å². The number of hydrogen-bond donors (Lipinski definition) is 1. The van der Waals surface area contributed by atoms with Crippen LogP contribution in [0.3, 0.4) is 0 Å². The van der Waals surface area contributed by atoms with Crippen molar-refractivity contribution in [2.24, 2.45) is 5.10 Å². The van der Waals surface area contributed by atoms with Gasteiger partial charge in [-0.05, 0) is 41.9 Å². The number of methoxy groups -OCH3 is 1. The van der Waals surface area contributed by atoms with E-state index in [9.17, 15) is 0 Å². The van der Waals surface area contributed by atoms with E-state index >= 15 is 0 Å². The molecule has 0 aliphatic heterocycles. The van der Waals surface area contributed by atoms with Gasteiger partial charge in [0.2, 0.25) is 4.77 Å². The number of benzene rings is 2. The molecule has 0 spiro atoms. The van der Waals surface area contributed by atoms with Crippen LogP contribution in [0, 0.1) is 4.77 Å². The van der Waals surface area contributed by atoms with Crippen LogP contribution in [0.4, 0.5) is 0 Å². The molecule has 1 aliphatic rings. The summed E-state index contributed by atoms with van der Waals surface area (Å²) in [5.74, 6) is 2.16. The number of aromatic nitrogens is 3. The predicted molar refractivity (Wildman–Crippen MR) is 92.9 cm³/mol. The highest BCUT2D eigenvalue weighted by Gasteiger charge is 2.29. The van der Waals surface area contributed by atoms with Gasteiger partial charge in [-0.15, -0.1) is 0 Å². The van der Waals surface area contributed by atoms with Crippen LogP contribution < -0.4 is 4.74 Å². The highest BCUT2D eigenvalue weighted by atomic mass is 32.1. The molecule has 1 aliphatic carbocycles. The lowest BCUT2D eigenvalue weighted by Gasteiger charge is -2.08. The Morgan fingerprint density at radius 2 is 2.13 bits per heavy atom. The van der Waals surface area contributed by atoms with E-state index in [1.54, 1.807) is 18.0 Å². The number of rotatable bonds is 4. The second kappa shape index (κ2) is 5.62. The van der Waals surface area contributed by atoms with E-state index in [2.05, 4.69) is 27.4 Å². The molecule has 2 aromatic carbocycles. The van der Waals surface area contributed by atoms with Crippen LogP contribution in [0.1, 0.15) is 30.1 Å². The zero-order valence-electron chi connectivity index (χ0n) is 12.7. The third kappa shape index (κ3) is 2.55. The van der Waals surface area contributed by atoms with E-state index in [-0.39, 0.29) is 0 Å². The van der Waals surface area contributed by atoms with Gasteiger partial charge in [-0.3, -0.25) is 5.10 Å². The standard InChI is InChI=1S/C17H16N4OS/c1-22-15-9-8-11-4-2-3-5-13(11)14(15)10-18-21-16(12-6-7-12)19-20-17(21)23/h2-5,8-10,12H,6-7H2,1H3,(H,20,23)/b18-10-. The van der Waals surface area contributed by atoms with Crippen molar-refractivity contribution < 1.29 is 4.74 Å². The molecule has 1 N–H and O–H groups in total. The maximum absolute atomic E-state index is 5.49. The summed E-state index contributed by atoms with van der Waals surface area (Å²) >= 11 is 5.29. The molecule has 1 fully saturated rings. The van der Waals surface area contributed by atoms with Crippen LogP contribution in [0.5, 0.6) is 5.75 Å². The molecule has 0 saturated heterocycles. The topological polar surface area (TPSA) is 55.2 Å². The van der Waals surface area contributed by atoms with E-state index in [1.807, 2.05) is 24.3 Å². The van der Waals surface area contributed by atoms with Gasteiger partial charge in [0.05, 0.1) is 13.3 Å². The molecular weight excluding hydrogens is 308 g/mol. The fraction of sp³-hybridized carbons (Fsp3) is 0.235. The fourth-order valence-electron chi connectivity index (χ4n) is 2.72. The number of ether oxygens (including phenoxy) is 1. The molecule has 23 heavy (non-hydrogen) atoms. The number of H-pyrrole nitrogens is 1. The van der Waals surface area contributed by atoms with Crippen molar-refractivity contribution in [2.45, 2.75) is 18.8 Å². The van der Waals surface area contributed by atoms with Crippen molar-refractivity contribution in [1.82, 2.24) is 14.9 Å². The molecule has 0 atom stereocenters. The van der Waals surface area contributed by atoms with Crippen LogP contribution in [-0.2, 0) is 0 Å². The van der Waals surface area contributed by atoms with Gasteiger partial charge in [0.1, 0.15) is 5.75 Å². The molecule has 0 bridgehead atoms. The first-order valence-electron chi connectivity index (χ1n) is 7.55. The molecule has 1 aromatic heterocycles. The van der Waals surface area contributed by atoms with Crippen molar-refractivity contribution in [3.8, 4) is 5.75 Å². The number of nitrogens with zero attached hydrogens (tertiary/aromatic N) is 3. The molecule has 1 heterocycles. The Balaban J connectivity index is 1.84. The summed E-state index contributed by atoms with van der Waals surface area (Å²) in [5.41, 5.74) is 0.940. The Morgan fingerprint density at radius 1 is 1.30 bits per heavy atom. The highest BCUT2D eigenvalue weighted by Crippen LogP contribution is 2.38. The van der Waals surface area contributed by atoms with E-state index in [1.165, 1.54) is 0 Å². The van der Waals surface area contributed by atoms with Gasteiger partial charge in [0.25, 0.3) is 0 Å². The zero-order valence-corrected chi connectivity index (χ0v) is 13.5. The molecule has 0 amide bonds. The van der Waals surface area contributed by atoms with Gasteiger partial charge in [-0.1, -0.05) is 30.3 Å². The molecule has 0 unspecified atom stereocenters. The Labute approximate surface area is 138 Å². The third-order valence-corrected chi connectivity index (χ3v) is 4.34. The van der Waals surface area contributed by atoms with Crippen LogP contribution in [0.2, 0.25) is 0 Å². The van der Waals surface area contributed by atoms with Crippen molar-refractivity contribution in [3.05, 3.63) is 52.6 Å². The quantitative estimate of drug-likeness (QED) is 0.585. The normalized spacial score (nSPS) is 14.7. The van der Waals surface area contributed by atoms with Gasteiger partial charge < -0.3 is 4.74 Å². The lowest BCUT2D eigenvalue weighted by atomic mass is 10.0. The molecule has 6 heteroatoms. The summed E-state index contributed by atoms with van der Waals surface area (Å²) in [4.78, 5) is 0. The summed E-state index contributed by atoms with van der Waals surface area (Å²) in [6.45, 7) is 0. The average molecular weight is 324 g/mol. The molecule has 5 nitrogen and oxygen atoms in total. The molecule has 1 saturated carbocycles. The SMILES string of the molecule is COc1ccc2ccccc2c1/C=N\n1c(C2CC2)n[nH]c1=S. The van der Waals surface area contributed by atoms with Crippen LogP contribution in [0.25, 0.3) is 10.8 Å². The number of fused-ring (bicyclic) bond motifs is 1. The third-order valence-electron chi connectivity index (χ3n) is 4.07. The number of hydrogen-bond acceptors (Lipinski definition) is 4. The fourth-order valence-corrected chi connectivity index (χ4v) is 2.91. The summed E-state index contributed by atoms with van der Waals surface area (Å²) in [7, 11) is 1.67. The van der Waals surface area contributed by atoms with E-state index in [0.717, 1.165) is 40.8 Å². The summed E-state index contributed by atoms with van der Waals surface area (Å²) in [6, 6.07) is 12.2. The highest BCUT2D eigenvalue weighted by molar-refractivity contribution is 7.71. The molecule has 4 rings (SSSR count). The molecule has 116 valence electrons. The first kappa shape index (κ1) is 14.1. The van der Waals surface area contributed by atoms with E-state index < -0.39 is 0 Å². The Hall–Kier alpha value is -2.47. The summed E-state index contributed by atoms with van der Waals surface area (Å²) in [5, 5.41) is 13.9. The molecule has 0 radical (unpaired) electrons. The summed E-state index contributed by atoms with van der Waals surface area (Å²) in [6.07, 6.45) is 4.10. The molecular formula is C17H16N4OS.